The fourth-order valence-corrected chi connectivity index (χ4v) is 3.05. The fourth-order valence-electron chi connectivity index (χ4n) is 1.43. The molecule has 0 aliphatic rings. The quantitative estimate of drug-likeness (QED) is 0.862. The fraction of sp³-hybridized carbons (Fsp3) is 0.167. The Morgan fingerprint density at radius 1 is 1.29 bits per heavy atom. The third-order valence-corrected chi connectivity index (χ3v) is 4.22. The van der Waals surface area contributed by atoms with E-state index in [9.17, 15) is 4.39 Å². The Labute approximate surface area is 117 Å². The average molecular weight is 335 g/mol. The van der Waals surface area contributed by atoms with Crippen molar-refractivity contribution in [2.24, 2.45) is 0 Å². The van der Waals surface area contributed by atoms with Gasteiger partial charge in [0.1, 0.15) is 5.82 Å². The van der Waals surface area contributed by atoms with E-state index in [0.717, 1.165) is 16.6 Å². The molecule has 2 rings (SSSR count). The molecule has 1 nitrogen and oxygen atoms in total. The van der Waals surface area contributed by atoms with Crippen LogP contribution in [0.3, 0.4) is 0 Å². The molecule has 1 aromatic heterocycles. The third-order valence-electron chi connectivity index (χ3n) is 2.23. The van der Waals surface area contributed by atoms with Gasteiger partial charge in [-0.15, -0.1) is 11.3 Å². The number of nitrogens with one attached hydrogen (secondary N) is 1. The topological polar surface area (TPSA) is 12.0 Å². The van der Waals surface area contributed by atoms with Gasteiger partial charge in [0, 0.05) is 27.8 Å². The summed E-state index contributed by atoms with van der Waals surface area (Å²) in [5.41, 5.74) is 0.979. The maximum absolute atomic E-state index is 12.9. The predicted octanol–water partition coefficient (Wildman–Crippen LogP) is 4.59. The van der Waals surface area contributed by atoms with Crippen LogP contribution in [0.5, 0.6) is 0 Å². The van der Waals surface area contributed by atoms with E-state index in [1.165, 1.54) is 10.9 Å². The molecule has 0 fully saturated rings. The summed E-state index contributed by atoms with van der Waals surface area (Å²) in [4.78, 5) is 1.25. The van der Waals surface area contributed by atoms with Crippen LogP contribution >= 0.6 is 38.9 Å². The van der Waals surface area contributed by atoms with Crippen molar-refractivity contribution >= 4 is 38.9 Å². The van der Waals surface area contributed by atoms with E-state index in [1.807, 2.05) is 5.38 Å². The molecular formula is C12H10BrClFNS. The molecule has 0 saturated carbocycles. The Balaban J connectivity index is 1.87. The second-order valence-corrected chi connectivity index (χ2v) is 5.90. The molecule has 0 atom stereocenters. The van der Waals surface area contributed by atoms with Crippen LogP contribution in [0.25, 0.3) is 0 Å². The normalized spacial score (nSPS) is 10.8. The number of halogens is 3. The van der Waals surface area contributed by atoms with E-state index >= 15 is 0 Å². The Morgan fingerprint density at radius 2 is 2.12 bits per heavy atom. The molecule has 0 radical (unpaired) electrons. The second kappa shape index (κ2) is 5.96. The summed E-state index contributed by atoms with van der Waals surface area (Å²) in [5.74, 6) is -0.377. The van der Waals surface area contributed by atoms with Crippen molar-refractivity contribution in [3.8, 4) is 0 Å². The minimum Gasteiger partial charge on any atom is -0.308 e. The molecule has 0 bridgehead atoms. The van der Waals surface area contributed by atoms with Gasteiger partial charge in [0.25, 0.3) is 0 Å². The smallest absolute Gasteiger partial charge is 0.141 e. The van der Waals surface area contributed by atoms with E-state index in [4.69, 9.17) is 11.6 Å². The summed E-state index contributed by atoms with van der Waals surface area (Å²) in [6.07, 6.45) is 0. The summed E-state index contributed by atoms with van der Waals surface area (Å²) in [5, 5.41) is 5.50. The largest absolute Gasteiger partial charge is 0.308 e. The third kappa shape index (κ3) is 3.78. The average Bonchev–Trinajstić information content (AvgIpc) is 2.70. The first kappa shape index (κ1) is 13.0. The Morgan fingerprint density at radius 3 is 2.76 bits per heavy atom. The van der Waals surface area contributed by atoms with E-state index in [-0.39, 0.29) is 10.8 Å². The zero-order chi connectivity index (χ0) is 12.3. The van der Waals surface area contributed by atoms with Crippen LogP contribution < -0.4 is 5.32 Å². The minimum absolute atomic E-state index is 0.170. The second-order valence-electron chi connectivity index (χ2n) is 3.58. The summed E-state index contributed by atoms with van der Waals surface area (Å²) < 4.78 is 14.0. The van der Waals surface area contributed by atoms with Gasteiger partial charge in [-0.3, -0.25) is 0 Å². The van der Waals surface area contributed by atoms with Gasteiger partial charge in [0.2, 0.25) is 0 Å². The molecule has 0 amide bonds. The number of hydrogen-bond donors (Lipinski definition) is 1. The lowest BCUT2D eigenvalue weighted by molar-refractivity contribution is 0.625. The van der Waals surface area contributed by atoms with E-state index in [2.05, 4.69) is 27.3 Å². The van der Waals surface area contributed by atoms with Crippen molar-refractivity contribution in [3.05, 3.63) is 55.4 Å². The van der Waals surface area contributed by atoms with E-state index in [0.29, 0.717) is 6.54 Å². The maximum Gasteiger partial charge on any atom is 0.141 e. The Bertz CT molecular complexity index is 515. The van der Waals surface area contributed by atoms with Gasteiger partial charge >= 0.3 is 0 Å². The van der Waals surface area contributed by atoms with Gasteiger partial charge in [0.15, 0.2) is 0 Å². The molecular weight excluding hydrogens is 325 g/mol. The van der Waals surface area contributed by atoms with Crippen LogP contribution in [0.4, 0.5) is 4.39 Å². The number of rotatable bonds is 4. The highest BCUT2D eigenvalue weighted by Gasteiger charge is 2.01. The zero-order valence-corrected chi connectivity index (χ0v) is 12.0. The first-order valence-electron chi connectivity index (χ1n) is 5.03. The summed E-state index contributed by atoms with van der Waals surface area (Å²) in [7, 11) is 0. The van der Waals surface area contributed by atoms with Crippen LogP contribution in [0.1, 0.15) is 10.4 Å². The summed E-state index contributed by atoms with van der Waals surface area (Å²) >= 11 is 10.8. The molecule has 1 heterocycles. The molecule has 0 unspecified atom stereocenters. The molecule has 1 N–H and O–H groups in total. The molecule has 17 heavy (non-hydrogen) atoms. The lowest BCUT2D eigenvalue weighted by Gasteiger charge is -2.04. The lowest BCUT2D eigenvalue weighted by Crippen LogP contribution is -2.11. The van der Waals surface area contributed by atoms with Gasteiger partial charge in [-0.25, -0.2) is 4.39 Å². The Hall–Kier alpha value is -0.420. The van der Waals surface area contributed by atoms with Gasteiger partial charge in [-0.05, 0) is 39.7 Å². The van der Waals surface area contributed by atoms with Gasteiger partial charge in [-0.1, -0.05) is 17.7 Å². The van der Waals surface area contributed by atoms with Crippen molar-refractivity contribution < 1.29 is 4.39 Å². The summed E-state index contributed by atoms with van der Waals surface area (Å²) in [6.45, 7) is 1.47. The molecule has 0 aliphatic heterocycles. The van der Waals surface area contributed by atoms with Crippen LogP contribution in [0.15, 0.2) is 34.1 Å². The SMILES string of the molecule is Fc1ccc(CNCc2cc(Br)cs2)cc1Cl. The van der Waals surface area contributed by atoms with Crippen LogP contribution in [0, 0.1) is 5.82 Å². The first-order valence-corrected chi connectivity index (χ1v) is 7.08. The highest BCUT2D eigenvalue weighted by molar-refractivity contribution is 9.10. The van der Waals surface area contributed by atoms with Crippen molar-refractivity contribution in [3.63, 3.8) is 0 Å². The van der Waals surface area contributed by atoms with Gasteiger partial charge in [-0.2, -0.15) is 0 Å². The number of benzene rings is 1. The monoisotopic (exact) mass is 333 g/mol. The highest BCUT2D eigenvalue weighted by atomic mass is 79.9. The van der Waals surface area contributed by atoms with E-state index in [1.54, 1.807) is 23.5 Å². The van der Waals surface area contributed by atoms with Crippen LogP contribution in [0.2, 0.25) is 5.02 Å². The Kier molecular flexibility index (Phi) is 4.56. The van der Waals surface area contributed by atoms with Gasteiger partial charge in [0.05, 0.1) is 5.02 Å². The number of hydrogen-bond acceptors (Lipinski definition) is 2. The van der Waals surface area contributed by atoms with Gasteiger partial charge < -0.3 is 5.32 Å². The molecule has 5 heteroatoms. The van der Waals surface area contributed by atoms with Crippen molar-refractivity contribution in [1.29, 1.82) is 0 Å². The van der Waals surface area contributed by atoms with Crippen LogP contribution in [-0.2, 0) is 13.1 Å². The zero-order valence-electron chi connectivity index (χ0n) is 8.84. The number of thiophene rings is 1. The molecule has 2 aromatic rings. The maximum atomic E-state index is 12.9. The van der Waals surface area contributed by atoms with Crippen molar-refractivity contribution in [2.45, 2.75) is 13.1 Å². The van der Waals surface area contributed by atoms with Crippen LogP contribution in [-0.4, -0.2) is 0 Å². The summed E-state index contributed by atoms with van der Waals surface area (Å²) in [6, 6.07) is 6.85. The first-order chi connectivity index (χ1) is 8.15. The lowest BCUT2D eigenvalue weighted by atomic mass is 10.2. The molecule has 1 aromatic carbocycles. The van der Waals surface area contributed by atoms with E-state index < -0.39 is 0 Å². The predicted molar refractivity (Wildman–Crippen MR) is 74.0 cm³/mol. The highest BCUT2D eigenvalue weighted by Crippen LogP contribution is 2.20. The minimum atomic E-state index is -0.377. The molecule has 0 spiro atoms. The molecule has 0 saturated heterocycles. The molecule has 0 aliphatic carbocycles. The standard InChI is InChI=1S/C12H10BrClFNS/c13-9-4-10(17-7-9)6-16-5-8-1-2-12(15)11(14)3-8/h1-4,7,16H,5-6H2. The van der Waals surface area contributed by atoms with Crippen molar-refractivity contribution in [1.82, 2.24) is 5.32 Å². The molecule has 90 valence electrons. The van der Waals surface area contributed by atoms with Crippen molar-refractivity contribution in [2.75, 3.05) is 0 Å².